The highest BCUT2D eigenvalue weighted by atomic mass is 32.2. The molecule has 2 aromatic carbocycles. The summed E-state index contributed by atoms with van der Waals surface area (Å²) >= 11 is 2.76. The summed E-state index contributed by atoms with van der Waals surface area (Å²) in [5, 5.41) is 10.5. The molecule has 0 aliphatic carbocycles. The van der Waals surface area contributed by atoms with Gasteiger partial charge < -0.3 is 0 Å². The number of nitrogens with zero attached hydrogens (tertiary/aromatic N) is 2. The van der Waals surface area contributed by atoms with E-state index in [9.17, 15) is 4.79 Å². The first-order valence-electron chi connectivity index (χ1n) is 7.83. The predicted octanol–water partition coefficient (Wildman–Crippen LogP) is 5.45. The van der Waals surface area contributed by atoms with E-state index in [1.165, 1.54) is 35.2 Å². The van der Waals surface area contributed by atoms with E-state index in [1.54, 1.807) is 5.41 Å². The highest BCUT2D eigenvalue weighted by molar-refractivity contribution is 8.39. The van der Waals surface area contributed by atoms with Crippen LogP contribution < -0.4 is 0 Å². The number of nitriles is 1. The molecule has 0 aliphatic rings. The number of aryl methyl sites for hydroxylation is 1. The summed E-state index contributed by atoms with van der Waals surface area (Å²) in [6.45, 7) is 2.08. The number of hydrogen-bond donors (Lipinski definition) is 0. The lowest BCUT2D eigenvalue weighted by atomic mass is 10.1. The van der Waals surface area contributed by atoms with Crippen molar-refractivity contribution in [3.8, 4) is 6.19 Å². The van der Waals surface area contributed by atoms with Gasteiger partial charge in [-0.1, -0.05) is 85.0 Å². The SMILES string of the molecule is CCc1ccc(C(=O)/C=C/SC(=NC#N)SCc2ccccc2)cc1. The molecule has 0 bridgehead atoms. The molecule has 0 amide bonds. The summed E-state index contributed by atoms with van der Waals surface area (Å²) in [5.41, 5.74) is 3.02. The Bertz CT molecular complexity index is 791. The van der Waals surface area contributed by atoms with Gasteiger partial charge in [-0.2, -0.15) is 10.3 Å². The summed E-state index contributed by atoms with van der Waals surface area (Å²) in [6, 6.07) is 17.6. The third-order valence-corrected chi connectivity index (χ3v) is 5.40. The van der Waals surface area contributed by atoms with Gasteiger partial charge in [0.05, 0.1) is 0 Å². The average Bonchev–Trinajstić information content (AvgIpc) is 2.67. The number of carbonyl (C=O) groups excluding carboxylic acids is 1. The Morgan fingerprint density at radius 2 is 1.84 bits per heavy atom. The molecule has 0 aromatic heterocycles. The van der Waals surface area contributed by atoms with Gasteiger partial charge in [0.1, 0.15) is 4.38 Å². The highest BCUT2D eigenvalue weighted by Gasteiger charge is 2.04. The van der Waals surface area contributed by atoms with Crippen molar-refractivity contribution < 1.29 is 4.79 Å². The third kappa shape index (κ3) is 6.61. The van der Waals surface area contributed by atoms with Crippen LogP contribution in [0.25, 0.3) is 0 Å². The number of aliphatic imine (C=N–C) groups is 1. The largest absolute Gasteiger partial charge is 0.289 e. The number of rotatable bonds is 6. The zero-order chi connectivity index (χ0) is 17.9. The number of thioether (sulfide) groups is 2. The number of carbonyl (C=O) groups is 1. The molecule has 0 spiro atoms. The zero-order valence-electron chi connectivity index (χ0n) is 13.9. The summed E-state index contributed by atoms with van der Waals surface area (Å²) in [7, 11) is 0. The molecule has 5 heteroatoms. The molecule has 0 saturated heterocycles. The summed E-state index contributed by atoms with van der Waals surface area (Å²) in [6.07, 6.45) is 4.28. The maximum Gasteiger partial charge on any atom is 0.207 e. The molecule has 0 unspecified atom stereocenters. The van der Waals surface area contributed by atoms with Crippen molar-refractivity contribution in [2.45, 2.75) is 19.1 Å². The van der Waals surface area contributed by atoms with Gasteiger partial charge in [0.2, 0.25) is 6.19 Å². The minimum absolute atomic E-state index is 0.0560. The van der Waals surface area contributed by atoms with Crippen molar-refractivity contribution in [1.29, 1.82) is 5.26 Å². The van der Waals surface area contributed by atoms with Crippen molar-refractivity contribution in [3.05, 3.63) is 82.8 Å². The monoisotopic (exact) mass is 366 g/mol. The van der Waals surface area contributed by atoms with Crippen LogP contribution >= 0.6 is 23.5 Å². The van der Waals surface area contributed by atoms with E-state index in [-0.39, 0.29) is 5.78 Å². The van der Waals surface area contributed by atoms with E-state index in [4.69, 9.17) is 5.26 Å². The van der Waals surface area contributed by atoms with Gasteiger partial charge in [-0.3, -0.25) is 4.79 Å². The van der Waals surface area contributed by atoms with E-state index in [0.29, 0.717) is 9.94 Å². The van der Waals surface area contributed by atoms with E-state index in [2.05, 4.69) is 11.9 Å². The number of allylic oxidation sites excluding steroid dienone is 1. The zero-order valence-corrected chi connectivity index (χ0v) is 15.5. The van der Waals surface area contributed by atoms with Crippen molar-refractivity contribution in [1.82, 2.24) is 0 Å². The second-order valence-electron chi connectivity index (χ2n) is 5.09. The Kier molecular flexibility index (Phi) is 8.03. The molecule has 126 valence electrons. The van der Waals surface area contributed by atoms with Gasteiger partial charge in [-0.25, -0.2) is 0 Å². The molecule has 0 fully saturated rings. The second-order valence-corrected chi connectivity index (χ2v) is 7.20. The fraction of sp³-hybridized carbons (Fsp3) is 0.150. The smallest absolute Gasteiger partial charge is 0.207 e. The molecule has 25 heavy (non-hydrogen) atoms. The Morgan fingerprint density at radius 3 is 2.48 bits per heavy atom. The van der Waals surface area contributed by atoms with Crippen LogP contribution in [0.5, 0.6) is 0 Å². The maximum absolute atomic E-state index is 12.2. The average molecular weight is 367 g/mol. The molecule has 0 saturated carbocycles. The predicted molar refractivity (Wildman–Crippen MR) is 108 cm³/mol. The normalized spacial score (nSPS) is 11.4. The Balaban J connectivity index is 1.91. The van der Waals surface area contributed by atoms with E-state index < -0.39 is 0 Å². The summed E-state index contributed by atoms with van der Waals surface area (Å²) < 4.78 is 0.622. The van der Waals surface area contributed by atoms with Crippen LogP contribution in [0.3, 0.4) is 0 Å². The van der Waals surface area contributed by atoms with Gasteiger partial charge in [0.25, 0.3) is 0 Å². The fourth-order valence-electron chi connectivity index (χ4n) is 2.01. The maximum atomic E-state index is 12.2. The van der Waals surface area contributed by atoms with Crippen molar-refractivity contribution in [2.75, 3.05) is 0 Å². The minimum atomic E-state index is -0.0560. The number of hydrogen-bond acceptors (Lipinski definition) is 5. The van der Waals surface area contributed by atoms with Crippen LogP contribution in [0.1, 0.15) is 28.4 Å². The molecule has 0 atom stereocenters. The molecular weight excluding hydrogens is 348 g/mol. The van der Waals surface area contributed by atoms with Crippen LogP contribution in [0.2, 0.25) is 0 Å². The van der Waals surface area contributed by atoms with Gasteiger partial charge in [-0.15, -0.1) is 0 Å². The first-order chi connectivity index (χ1) is 12.2. The number of ketones is 1. The standard InChI is InChI=1S/C20H18N2OS2/c1-2-16-8-10-18(11-9-16)19(23)12-13-24-20(22-15-21)25-14-17-6-4-3-5-7-17/h3-13H,2,14H2,1H3/b13-12+,22-20?. The third-order valence-electron chi connectivity index (χ3n) is 3.38. The Hall–Kier alpha value is -2.29. The van der Waals surface area contributed by atoms with Gasteiger partial charge in [0, 0.05) is 11.3 Å². The lowest BCUT2D eigenvalue weighted by Gasteiger charge is -2.02. The first-order valence-corrected chi connectivity index (χ1v) is 9.69. The lowest BCUT2D eigenvalue weighted by molar-refractivity contribution is 0.104. The quantitative estimate of drug-likeness (QED) is 0.224. The molecule has 2 rings (SSSR count). The van der Waals surface area contributed by atoms with Gasteiger partial charge in [-0.05, 0) is 29.0 Å². The molecule has 0 N–H and O–H groups in total. The summed E-state index contributed by atoms with van der Waals surface area (Å²) in [5.74, 6) is 0.675. The molecule has 0 aliphatic heterocycles. The van der Waals surface area contributed by atoms with E-state index in [1.807, 2.05) is 60.8 Å². The Morgan fingerprint density at radius 1 is 1.12 bits per heavy atom. The van der Waals surface area contributed by atoms with Crippen LogP contribution in [0.4, 0.5) is 0 Å². The van der Waals surface area contributed by atoms with E-state index >= 15 is 0 Å². The van der Waals surface area contributed by atoms with E-state index in [0.717, 1.165) is 17.7 Å². The highest BCUT2D eigenvalue weighted by Crippen LogP contribution is 2.22. The molecule has 2 aromatic rings. The van der Waals surface area contributed by atoms with Crippen molar-refractivity contribution in [2.24, 2.45) is 4.99 Å². The van der Waals surface area contributed by atoms with Gasteiger partial charge in [0.15, 0.2) is 5.78 Å². The molecule has 0 heterocycles. The van der Waals surface area contributed by atoms with Crippen molar-refractivity contribution in [3.63, 3.8) is 0 Å². The Labute approximate surface area is 156 Å². The molecule has 3 nitrogen and oxygen atoms in total. The van der Waals surface area contributed by atoms with Crippen LogP contribution in [-0.4, -0.2) is 10.2 Å². The molecule has 0 radical (unpaired) electrons. The number of benzene rings is 2. The topological polar surface area (TPSA) is 53.2 Å². The first kappa shape index (κ1) is 19.0. The minimum Gasteiger partial charge on any atom is -0.289 e. The van der Waals surface area contributed by atoms with Crippen LogP contribution in [0.15, 0.2) is 71.1 Å². The van der Waals surface area contributed by atoms with Gasteiger partial charge >= 0.3 is 0 Å². The summed E-state index contributed by atoms with van der Waals surface area (Å²) in [4.78, 5) is 16.0. The van der Waals surface area contributed by atoms with Crippen molar-refractivity contribution >= 4 is 33.7 Å². The van der Waals surface area contributed by atoms with Crippen LogP contribution in [-0.2, 0) is 12.2 Å². The lowest BCUT2D eigenvalue weighted by Crippen LogP contribution is -1.94. The second kappa shape index (κ2) is 10.5. The van der Waals surface area contributed by atoms with Crippen LogP contribution in [0, 0.1) is 11.5 Å². The molecular formula is C20H18N2OS2. The fourth-order valence-corrected chi connectivity index (χ4v) is 3.61.